The summed E-state index contributed by atoms with van der Waals surface area (Å²) < 4.78 is 47.2. The Morgan fingerprint density at radius 3 is 1.15 bits per heavy atom. The fourth-order valence-electron chi connectivity index (χ4n) is 15.7. The molecule has 11 heterocycles. The first-order chi connectivity index (χ1) is 60.2. The molecule has 8 aromatic heterocycles. The Bertz CT molecular complexity index is 6340. The highest BCUT2D eigenvalue weighted by Crippen LogP contribution is 2.43. The number of aryl methyl sites for hydroxylation is 2. The first kappa shape index (κ1) is 84.6. The number of nitrogens with one attached hydrogen (secondary N) is 10. The largest absolute Gasteiger partial charge is 0.495 e. The highest BCUT2D eigenvalue weighted by molar-refractivity contribution is 6.03. The number of aromatic nitrogens is 11. The third kappa shape index (κ3) is 19.0. The smallest absolute Gasteiger partial charge is 0.251 e. The van der Waals surface area contributed by atoms with E-state index < -0.39 is 5.60 Å². The zero-order valence-corrected chi connectivity index (χ0v) is 72.0. The number of fused-ring (bicyclic) bond motifs is 5. The van der Waals surface area contributed by atoms with Gasteiger partial charge in [0.05, 0.1) is 90.5 Å². The fraction of sp³-hybridized carbons (Fsp3) is 0.341. The van der Waals surface area contributed by atoms with Gasteiger partial charge < -0.3 is 109 Å². The van der Waals surface area contributed by atoms with Gasteiger partial charge in [-0.1, -0.05) is 24.3 Å². The van der Waals surface area contributed by atoms with Crippen molar-refractivity contribution in [2.75, 3.05) is 105 Å². The van der Waals surface area contributed by atoms with Gasteiger partial charge in [0.2, 0.25) is 35.5 Å². The van der Waals surface area contributed by atoms with Gasteiger partial charge in [-0.2, -0.15) is 29.9 Å². The molecule has 4 aliphatic rings. The van der Waals surface area contributed by atoms with Crippen LogP contribution in [0.2, 0.25) is 0 Å². The number of carbonyl (C=O) groups is 4. The van der Waals surface area contributed by atoms with Crippen molar-refractivity contribution in [3.63, 3.8) is 0 Å². The second-order valence-electron chi connectivity index (χ2n) is 32.8. The maximum atomic E-state index is 12.8. The SMILES string of the molecule is CNC(=O)c1ccc(-c2c[nH]c3nc(Nc4ccc(C(=O)NC5CN(C)C5)cc4OC)nc(OC(C)C)c23)cc1.COc1cc(C(=O)NC2CN(C)C2)ccc1Nc1nc(OC(C)C)c2c(-c3ccc4nc(C)oc4c3)c[nH]c2n1.COc1cc(C(=O)NC2CN(C)C2)ccc1Nc1nc(OC2CCC(C)(O)CC2)c2c(-c3ccc4nc(C)oc4c3)c[nH]c2n1. The molecule has 3 saturated heterocycles. The number of hydrogen-bond acceptors (Lipinski definition) is 27. The number of ether oxygens (including phenoxy) is 6. The second kappa shape index (κ2) is 35.8. The molecule has 14 aromatic rings. The summed E-state index contributed by atoms with van der Waals surface area (Å²) in [5.41, 5.74) is 13.4. The molecule has 11 N–H and O–H groups in total. The van der Waals surface area contributed by atoms with E-state index in [0.29, 0.717) is 158 Å². The number of likely N-dealkylation sites (tertiary alicyclic amines) is 3. The number of benzene rings is 6. The molecule has 0 bridgehead atoms. The van der Waals surface area contributed by atoms with Gasteiger partial charge in [0.15, 0.2) is 22.9 Å². The predicted octanol–water partition coefficient (Wildman–Crippen LogP) is 13.2. The van der Waals surface area contributed by atoms with E-state index in [2.05, 4.69) is 86.8 Å². The molecule has 648 valence electrons. The number of nitrogens with zero attached hydrogens (tertiary/aromatic N) is 11. The molecule has 125 heavy (non-hydrogen) atoms. The van der Waals surface area contributed by atoms with Crippen LogP contribution >= 0.6 is 0 Å². The van der Waals surface area contributed by atoms with Crippen molar-refractivity contribution in [1.29, 1.82) is 0 Å². The Morgan fingerprint density at radius 2 is 0.800 bits per heavy atom. The van der Waals surface area contributed by atoms with Gasteiger partial charge in [-0.15, -0.1) is 0 Å². The van der Waals surface area contributed by atoms with E-state index in [4.69, 9.17) is 57.2 Å². The van der Waals surface area contributed by atoms with Crippen molar-refractivity contribution in [2.24, 2.45) is 0 Å². The topological polar surface area (TPSA) is 415 Å². The van der Waals surface area contributed by atoms with Crippen LogP contribution in [0.4, 0.5) is 34.9 Å². The maximum Gasteiger partial charge on any atom is 0.251 e. The molecule has 4 fully saturated rings. The van der Waals surface area contributed by atoms with Crippen LogP contribution in [-0.2, 0) is 0 Å². The molecular weight excluding hydrogens is 1600 g/mol. The van der Waals surface area contributed by atoms with Crippen molar-refractivity contribution in [3.8, 4) is 68.3 Å². The molecule has 34 nitrogen and oxygen atoms in total. The number of hydrogen-bond donors (Lipinski definition) is 11. The Balaban J connectivity index is 0.000000139. The Labute approximate surface area is 719 Å². The van der Waals surface area contributed by atoms with Gasteiger partial charge in [-0.3, -0.25) is 19.2 Å². The molecule has 1 aliphatic carbocycles. The lowest BCUT2D eigenvalue weighted by atomic mass is 9.85. The number of carbonyl (C=O) groups excluding carboxylic acids is 4. The summed E-state index contributed by atoms with van der Waals surface area (Å²) in [4.78, 5) is 104. The minimum Gasteiger partial charge on any atom is -0.495 e. The number of rotatable bonds is 25. The zero-order chi connectivity index (χ0) is 87.6. The van der Waals surface area contributed by atoms with E-state index in [1.165, 1.54) is 0 Å². The van der Waals surface area contributed by atoms with Gasteiger partial charge in [-0.05, 0) is 189 Å². The second-order valence-corrected chi connectivity index (χ2v) is 32.8. The van der Waals surface area contributed by atoms with Gasteiger partial charge in [0.25, 0.3) is 23.6 Å². The Kier molecular flexibility index (Phi) is 24.3. The minimum absolute atomic E-state index is 0.110. The summed E-state index contributed by atoms with van der Waals surface area (Å²) >= 11 is 0. The van der Waals surface area contributed by atoms with E-state index in [1.807, 2.05) is 137 Å². The summed E-state index contributed by atoms with van der Waals surface area (Å²) in [5, 5.41) is 34.2. The van der Waals surface area contributed by atoms with Gasteiger partial charge in [0.1, 0.15) is 51.3 Å². The number of likely N-dealkylation sites (N-methyl/N-ethyl adjacent to an activating group) is 3. The fourth-order valence-corrected chi connectivity index (χ4v) is 15.7. The average Bonchev–Trinajstić information content (AvgIpc) is 1.67. The number of anilines is 6. The Hall–Kier alpha value is -14.0. The third-order valence-corrected chi connectivity index (χ3v) is 22.1. The van der Waals surface area contributed by atoms with Crippen molar-refractivity contribution in [1.82, 2.24) is 90.8 Å². The van der Waals surface area contributed by atoms with E-state index in [1.54, 1.807) is 95.1 Å². The molecular formula is C91H101N21O13. The third-order valence-electron chi connectivity index (χ3n) is 22.1. The first-order valence-electron chi connectivity index (χ1n) is 41.5. The van der Waals surface area contributed by atoms with Gasteiger partial charge >= 0.3 is 0 Å². The molecule has 1 saturated carbocycles. The molecule has 34 heteroatoms. The normalized spacial score (nSPS) is 16.3. The summed E-state index contributed by atoms with van der Waals surface area (Å²) in [6.45, 7) is 18.3. The minimum atomic E-state index is -0.689. The number of oxazole rings is 2. The van der Waals surface area contributed by atoms with Crippen LogP contribution < -0.4 is 65.6 Å². The van der Waals surface area contributed by atoms with E-state index >= 15 is 0 Å². The molecule has 0 radical (unpaired) electrons. The molecule has 6 aromatic carbocycles. The molecule has 3 aliphatic heterocycles. The van der Waals surface area contributed by atoms with Crippen molar-refractivity contribution in [3.05, 3.63) is 168 Å². The molecule has 0 unspecified atom stereocenters. The van der Waals surface area contributed by atoms with Gasteiger partial charge in [-0.25, -0.2) is 9.97 Å². The van der Waals surface area contributed by atoms with Crippen LogP contribution in [-0.4, -0.2) is 229 Å². The quantitative estimate of drug-likeness (QED) is 0.0253. The van der Waals surface area contributed by atoms with E-state index in [0.717, 1.165) is 99.8 Å². The van der Waals surface area contributed by atoms with Gasteiger partial charge in [0, 0.05) is 118 Å². The molecule has 0 atom stereocenters. The van der Waals surface area contributed by atoms with E-state index in [9.17, 15) is 24.3 Å². The summed E-state index contributed by atoms with van der Waals surface area (Å²) in [6.07, 6.45) is 7.97. The monoisotopic (exact) mass is 1700 g/mol. The lowest BCUT2D eigenvalue weighted by Gasteiger charge is -2.36. The highest BCUT2D eigenvalue weighted by Gasteiger charge is 2.34. The number of aromatic amines is 3. The number of aliphatic hydroxyl groups is 1. The summed E-state index contributed by atoms with van der Waals surface area (Å²) in [6, 6.07) is 35.2. The molecule has 18 rings (SSSR count). The van der Waals surface area contributed by atoms with E-state index in [-0.39, 0.29) is 60.1 Å². The van der Waals surface area contributed by atoms with Crippen molar-refractivity contribution >= 4 is 114 Å². The summed E-state index contributed by atoms with van der Waals surface area (Å²) in [7, 11) is 12.3. The number of amides is 4. The van der Waals surface area contributed by atoms with Crippen LogP contribution in [0, 0.1) is 13.8 Å². The predicted molar refractivity (Wildman–Crippen MR) is 476 cm³/mol. The zero-order valence-electron chi connectivity index (χ0n) is 72.0. The molecule has 4 amide bonds. The summed E-state index contributed by atoms with van der Waals surface area (Å²) in [5.74, 6) is 4.33. The van der Waals surface area contributed by atoms with Crippen LogP contribution in [0.5, 0.6) is 34.9 Å². The van der Waals surface area contributed by atoms with Crippen LogP contribution in [0.15, 0.2) is 143 Å². The van der Waals surface area contributed by atoms with Crippen molar-refractivity contribution in [2.45, 2.75) is 116 Å². The number of H-pyrrole nitrogens is 3. The lowest BCUT2D eigenvalue weighted by Crippen LogP contribution is -2.57. The Morgan fingerprint density at radius 1 is 0.456 bits per heavy atom. The highest BCUT2D eigenvalue weighted by atomic mass is 16.5. The number of methoxy groups -OCH3 is 3. The molecule has 0 spiro atoms. The standard InChI is InChI=1S/C33H37N7O5.C29H31N7O4.C29H33N7O4/c1-18-35-25-7-5-19(13-27(25)44-18)23-15-34-29-28(23)31(45-22-9-11-33(2,42)12-10-22)39-32(38-29)37-24-8-6-20(14-26(24)43-4)30(41)36-21-16-40(3)17-21;1-15(2)39-28-25-20(17-6-8-22-24(10-17)40-16(3)31-22)12-30-26(25)34-29(35-28)33-21-9-7-18(11-23(21)38-5)27(37)32-19-13-36(4)14-19;1-16(2)40-28-24-21(17-6-8-18(9-7-17)26(37)30-3)13-31-25(24)34-29(35-28)33-22-11-10-19(12-23(22)39-5)27(38)32-20-14-36(4)15-20/h5-8,13-15,21-22,42H,9-12,16-17H2,1-4H3,(H,36,41)(H2,34,37,38,39);6-12,15,19H,13-14H2,1-5H3,(H,32,37)(H2,30,33,34,35);6-13,16,20H,14-15H2,1-5H3,(H,30,37)(H,32,38)(H2,31,33,34,35). The van der Waals surface area contributed by atoms with Crippen LogP contribution in [0.1, 0.15) is 114 Å². The van der Waals surface area contributed by atoms with Crippen LogP contribution in [0.3, 0.4) is 0 Å². The lowest BCUT2D eigenvalue weighted by molar-refractivity contribution is -0.0114. The maximum absolute atomic E-state index is 12.8. The van der Waals surface area contributed by atoms with Crippen LogP contribution in [0.25, 0.3) is 88.7 Å². The van der Waals surface area contributed by atoms with Crippen molar-refractivity contribution < 1.29 is 61.5 Å². The average molecular weight is 1700 g/mol. The first-order valence-corrected chi connectivity index (χ1v) is 41.5.